The lowest BCUT2D eigenvalue weighted by Crippen LogP contribution is -2.48. The smallest absolute Gasteiger partial charge is 0.243 e. The number of nitrogens with zero attached hydrogens (tertiary/aromatic N) is 2. The van der Waals surface area contributed by atoms with Crippen molar-refractivity contribution >= 4 is 21.6 Å². The van der Waals surface area contributed by atoms with E-state index in [-0.39, 0.29) is 4.90 Å². The Morgan fingerprint density at radius 2 is 1.75 bits per heavy atom. The third kappa shape index (κ3) is 3.28. The van der Waals surface area contributed by atoms with E-state index in [9.17, 15) is 17.2 Å². The summed E-state index contributed by atoms with van der Waals surface area (Å²) in [6.45, 7) is 2.50. The van der Waals surface area contributed by atoms with Gasteiger partial charge in [0, 0.05) is 38.6 Å². The van der Waals surface area contributed by atoms with Crippen LogP contribution in [0.15, 0.2) is 23.1 Å². The second-order valence-corrected chi connectivity index (χ2v) is 6.83. The predicted molar refractivity (Wildman–Crippen MR) is 72.3 cm³/mol. The quantitative estimate of drug-likeness (QED) is 0.788. The molecule has 0 unspecified atom stereocenters. The summed E-state index contributed by atoms with van der Waals surface area (Å²) in [6, 6.07) is 2.63. The molecule has 0 aliphatic carbocycles. The molecule has 1 heterocycles. The fraction of sp³-hybridized carbons (Fsp3) is 0.500. The average Bonchev–Trinajstić information content (AvgIpc) is 2.43. The minimum absolute atomic E-state index is 0.220. The van der Waals surface area contributed by atoms with E-state index in [1.807, 2.05) is 0 Å². The van der Waals surface area contributed by atoms with Gasteiger partial charge in [-0.3, -0.25) is 4.90 Å². The Bertz CT molecular complexity index is 575. The molecule has 1 fully saturated rings. The van der Waals surface area contributed by atoms with E-state index in [1.54, 1.807) is 0 Å². The van der Waals surface area contributed by atoms with Crippen LogP contribution in [0.4, 0.5) is 8.78 Å². The number of hydrogen-bond acceptors (Lipinski definition) is 3. The molecule has 0 spiro atoms. The molecule has 1 aromatic rings. The van der Waals surface area contributed by atoms with Crippen molar-refractivity contribution in [3.63, 3.8) is 0 Å². The van der Waals surface area contributed by atoms with E-state index in [4.69, 9.17) is 11.6 Å². The fourth-order valence-corrected chi connectivity index (χ4v) is 3.77. The van der Waals surface area contributed by atoms with Gasteiger partial charge in [0.1, 0.15) is 0 Å². The zero-order valence-electron chi connectivity index (χ0n) is 10.7. The van der Waals surface area contributed by atoms with Crippen LogP contribution in [0.5, 0.6) is 0 Å². The normalized spacial score (nSPS) is 18.4. The summed E-state index contributed by atoms with van der Waals surface area (Å²) < 4.78 is 51.9. The summed E-state index contributed by atoms with van der Waals surface area (Å²) in [7, 11) is -3.77. The second-order valence-electron chi connectivity index (χ2n) is 4.51. The van der Waals surface area contributed by atoms with E-state index in [2.05, 4.69) is 4.90 Å². The Balaban J connectivity index is 2.13. The topological polar surface area (TPSA) is 40.6 Å². The summed E-state index contributed by atoms with van der Waals surface area (Å²) in [5.74, 6) is -1.72. The summed E-state index contributed by atoms with van der Waals surface area (Å²) in [5.41, 5.74) is 0. The number of sulfonamides is 1. The van der Waals surface area contributed by atoms with Crippen LogP contribution in [-0.2, 0) is 10.0 Å². The maximum atomic E-state index is 13.2. The number of alkyl halides is 1. The Labute approximate surface area is 122 Å². The first-order valence-electron chi connectivity index (χ1n) is 6.18. The molecular formula is C12H15ClF2N2O2S. The molecule has 0 radical (unpaired) electrons. The van der Waals surface area contributed by atoms with Crippen LogP contribution in [0, 0.1) is 11.6 Å². The van der Waals surface area contributed by atoms with Gasteiger partial charge in [-0.1, -0.05) is 0 Å². The molecule has 0 atom stereocenters. The van der Waals surface area contributed by atoms with Crippen LogP contribution in [0.25, 0.3) is 0 Å². The first-order valence-corrected chi connectivity index (χ1v) is 8.16. The largest absolute Gasteiger partial charge is 0.300 e. The highest BCUT2D eigenvalue weighted by Crippen LogP contribution is 2.19. The van der Waals surface area contributed by atoms with Gasteiger partial charge in [0.15, 0.2) is 11.6 Å². The summed E-state index contributed by atoms with van der Waals surface area (Å²) >= 11 is 5.64. The van der Waals surface area contributed by atoms with Gasteiger partial charge in [-0.2, -0.15) is 4.31 Å². The van der Waals surface area contributed by atoms with Crippen molar-refractivity contribution in [3.05, 3.63) is 29.8 Å². The van der Waals surface area contributed by atoms with Crippen molar-refractivity contribution in [3.8, 4) is 0 Å². The summed E-state index contributed by atoms with van der Waals surface area (Å²) in [4.78, 5) is 1.84. The van der Waals surface area contributed by atoms with Crippen LogP contribution in [-0.4, -0.2) is 56.2 Å². The number of halogens is 3. The van der Waals surface area contributed by atoms with Gasteiger partial charge in [0.2, 0.25) is 10.0 Å². The summed E-state index contributed by atoms with van der Waals surface area (Å²) in [5, 5.41) is 0. The van der Waals surface area contributed by atoms with Crippen LogP contribution < -0.4 is 0 Å². The second kappa shape index (κ2) is 6.34. The minimum Gasteiger partial charge on any atom is -0.300 e. The number of rotatable bonds is 4. The highest BCUT2D eigenvalue weighted by Gasteiger charge is 2.28. The van der Waals surface area contributed by atoms with Gasteiger partial charge in [-0.05, 0) is 18.2 Å². The number of hydrogen-bond donors (Lipinski definition) is 0. The van der Waals surface area contributed by atoms with Gasteiger partial charge in [0.05, 0.1) is 4.90 Å². The Kier molecular flexibility index (Phi) is 4.95. The summed E-state index contributed by atoms with van der Waals surface area (Å²) in [6.07, 6.45) is 0. The van der Waals surface area contributed by atoms with Crippen molar-refractivity contribution in [1.82, 2.24) is 9.21 Å². The lowest BCUT2D eigenvalue weighted by Gasteiger charge is -2.33. The van der Waals surface area contributed by atoms with Crippen molar-refractivity contribution < 1.29 is 17.2 Å². The predicted octanol–water partition coefficient (Wildman–Crippen LogP) is 1.51. The zero-order valence-corrected chi connectivity index (χ0v) is 12.3. The maximum Gasteiger partial charge on any atom is 0.243 e. The number of piperazine rings is 1. The molecule has 112 valence electrons. The van der Waals surface area contributed by atoms with E-state index in [1.165, 1.54) is 4.31 Å². The van der Waals surface area contributed by atoms with Crippen LogP contribution in [0.2, 0.25) is 0 Å². The average molecular weight is 325 g/mol. The van der Waals surface area contributed by atoms with Crippen molar-refractivity contribution in [1.29, 1.82) is 0 Å². The molecular weight excluding hydrogens is 310 g/mol. The Hall–Kier alpha value is -0.760. The van der Waals surface area contributed by atoms with Crippen LogP contribution >= 0.6 is 11.6 Å². The molecule has 20 heavy (non-hydrogen) atoms. The molecule has 0 aromatic heterocycles. The van der Waals surface area contributed by atoms with Crippen LogP contribution in [0.3, 0.4) is 0 Å². The first-order chi connectivity index (χ1) is 9.45. The van der Waals surface area contributed by atoms with Crippen molar-refractivity contribution in [2.75, 3.05) is 38.6 Å². The first kappa shape index (κ1) is 15.6. The van der Waals surface area contributed by atoms with E-state index in [0.29, 0.717) is 38.6 Å². The molecule has 1 aromatic carbocycles. The lowest BCUT2D eigenvalue weighted by atomic mass is 10.3. The highest BCUT2D eigenvalue weighted by molar-refractivity contribution is 7.89. The SMILES string of the molecule is O=S(=O)(c1ccc(F)c(F)c1)N1CCN(CCCl)CC1. The third-order valence-electron chi connectivity index (χ3n) is 3.26. The third-order valence-corrected chi connectivity index (χ3v) is 5.32. The molecule has 2 rings (SSSR count). The number of benzene rings is 1. The Morgan fingerprint density at radius 1 is 1.10 bits per heavy atom. The minimum atomic E-state index is -3.77. The Morgan fingerprint density at radius 3 is 2.30 bits per heavy atom. The van der Waals surface area contributed by atoms with Crippen molar-refractivity contribution in [2.24, 2.45) is 0 Å². The van der Waals surface area contributed by atoms with Gasteiger partial charge in [-0.25, -0.2) is 17.2 Å². The molecule has 1 aliphatic rings. The molecule has 8 heteroatoms. The van der Waals surface area contributed by atoms with Crippen molar-refractivity contribution in [2.45, 2.75) is 4.90 Å². The van der Waals surface area contributed by atoms with Gasteiger partial charge in [-0.15, -0.1) is 11.6 Å². The zero-order chi connectivity index (χ0) is 14.8. The van der Waals surface area contributed by atoms with Gasteiger partial charge < -0.3 is 0 Å². The van der Waals surface area contributed by atoms with E-state index >= 15 is 0 Å². The molecule has 0 saturated carbocycles. The van der Waals surface area contributed by atoms with Gasteiger partial charge in [0.25, 0.3) is 0 Å². The molecule has 0 N–H and O–H groups in total. The maximum absolute atomic E-state index is 13.2. The highest BCUT2D eigenvalue weighted by atomic mass is 35.5. The van der Waals surface area contributed by atoms with Crippen LogP contribution in [0.1, 0.15) is 0 Å². The fourth-order valence-electron chi connectivity index (χ4n) is 2.10. The molecule has 0 bridgehead atoms. The molecule has 4 nitrogen and oxygen atoms in total. The van der Waals surface area contributed by atoms with E-state index < -0.39 is 21.7 Å². The van der Waals surface area contributed by atoms with E-state index in [0.717, 1.165) is 18.2 Å². The lowest BCUT2D eigenvalue weighted by molar-refractivity contribution is 0.197. The standard InChI is InChI=1S/C12H15ClF2N2O2S/c13-3-4-16-5-7-17(8-6-16)20(18,19)10-1-2-11(14)12(15)9-10/h1-2,9H,3-8H2. The molecule has 1 aliphatic heterocycles. The monoisotopic (exact) mass is 324 g/mol. The molecule has 0 amide bonds. The van der Waals surface area contributed by atoms with Gasteiger partial charge >= 0.3 is 0 Å². The molecule has 1 saturated heterocycles.